The number of aryl methyl sites for hydroxylation is 1. The van der Waals surface area contributed by atoms with Crippen LogP contribution in [0.2, 0.25) is 0 Å². The quantitative estimate of drug-likeness (QED) is 0.905. The van der Waals surface area contributed by atoms with Crippen LogP contribution in [0, 0.1) is 12.8 Å². The summed E-state index contributed by atoms with van der Waals surface area (Å²) in [7, 11) is 0. The van der Waals surface area contributed by atoms with Crippen LogP contribution in [0.25, 0.3) is 0 Å². The molecule has 1 fully saturated rings. The van der Waals surface area contributed by atoms with Crippen LogP contribution in [-0.2, 0) is 11.2 Å². The second-order valence-corrected chi connectivity index (χ2v) is 5.61. The normalized spacial score (nSPS) is 23.4. The Kier molecular flexibility index (Phi) is 4.59. The molecule has 2 atom stereocenters. The summed E-state index contributed by atoms with van der Waals surface area (Å²) >= 11 is 0. The number of nitrogens with zero attached hydrogens (tertiary/aromatic N) is 1. The summed E-state index contributed by atoms with van der Waals surface area (Å²) < 4.78 is 0. The van der Waals surface area contributed by atoms with Gasteiger partial charge in [-0.05, 0) is 36.8 Å². The number of amides is 1. The zero-order valence-electron chi connectivity index (χ0n) is 11.9. The first-order valence-corrected chi connectivity index (χ1v) is 7.17. The van der Waals surface area contributed by atoms with E-state index in [9.17, 15) is 4.79 Å². The predicted molar refractivity (Wildman–Crippen MR) is 77.8 cm³/mol. The summed E-state index contributed by atoms with van der Waals surface area (Å²) in [6.07, 6.45) is 2.77. The van der Waals surface area contributed by atoms with Gasteiger partial charge in [-0.2, -0.15) is 0 Å². The third kappa shape index (κ3) is 3.16. The molecule has 0 unspecified atom stereocenters. The van der Waals surface area contributed by atoms with E-state index in [-0.39, 0.29) is 11.9 Å². The summed E-state index contributed by atoms with van der Waals surface area (Å²) in [6.45, 7) is 5.68. The fourth-order valence-corrected chi connectivity index (χ4v) is 2.99. The number of likely N-dealkylation sites (tertiary alicyclic amines) is 1. The molecule has 1 aliphatic heterocycles. The molecule has 1 heterocycles. The van der Waals surface area contributed by atoms with Gasteiger partial charge in [0.05, 0.1) is 6.42 Å². The van der Waals surface area contributed by atoms with Gasteiger partial charge in [0.15, 0.2) is 0 Å². The molecule has 2 N–H and O–H groups in total. The number of hydrogen-bond donors (Lipinski definition) is 1. The minimum atomic E-state index is 0.213. The SMILES string of the molecule is Cc1ccccc1CC(=O)N1CCC[C@@H](C)[C@@H]1CN. The number of carbonyl (C=O) groups excluding carboxylic acids is 1. The van der Waals surface area contributed by atoms with Crippen LogP contribution in [0.4, 0.5) is 0 Å². The molecular formula is C16H24N2O. The number of rotatable bonds is 3. The van der Waals surface area contributed by atoms with Crippen molar-refractivity contribution in [2.45, 2.75) is 39.2 Å². The molecule has 3 nitrogen and oxygen atoms in total. The zero-order valence-corrected chi connectivity index (χ0v) is 11.9. The Labute approximate surface area is 115 Å². The largest absolute Gasteiger partial charge is 0.338 e. The molecule has 3 heteroatoms. The molecule has 0 aromatic heterocycles. The summed E-state index contributed by atoms with van der Waals surface area (Å²) in [5.41, 5.74) is 8.16. The van der Waals surface area contributed by atoms with Crippen molar-refractivity contribution in [3.05, 3.63) is 35.4 Å². The lowest BCUT2D eigenvalue weighted by Gasteiger charge is -2.39. The number of benzene rings is 1. The smallest absolute Gasteiger partial charge is 0.227 e. The number of hydrogen-bond acceptors (Lipinski definition) is 2. The first-order valence-electron chi connectivity index (χ1n) is 7.17. The lowest BCUT2D eigenvalue weighted by atomic mass is 9.90. The van der Waals surface area contributed by atoms with Crippen molar-refractivity contribution in [3.63, 3.8) is 0 Å². The van der Waals surface area contributed by atoms with E-state index in [0.29, 0.717) is 18.9 Å². The minimum absolute atomic E-state index is 0.213. The summed E-state index contributed by atoms with van der Waals surface area (Å²) in [5, 5.41) is 0. The second kappa shape index (κ2) is 6.20. The van der Waals surface area contributed by atoms with Crippen molar-refractivity contribution in [1.29, 1.82) is 0 Å². The van der Waals surface area contributed by atoms with Gasteiger partial charge >= 0.3 is 0 Å². The first-order chi connectivity index (χ1) is 9.13. The summed E-state index contributed by atoms with van der Waals surface area (Å²) in [4.78, 5) is 14.5. The van der Waals surface area contributed by atoms with Crippen LogP contribution < -0.4 is 5.73 Å². The Balaban J connectivity index is 2.08. The number of carbonyl (C=O) groups is 1. The monoisotopic (exact) mass is 260 g/mol. The average molecular weight is 260 g/mol. The first kappa shape index (κ1) is 14.1. The minimum Gasteiger partial charge on any atom is -0.338 e. The van der Waals surface area contributed by atoms with Gasteiger partial charge in [0, 0.05) is 19.1 Å². The molecule has 0 saturated carbocycles. The van der Waals surface area contributed by atoms with Crippen molar-refractivity contribution in [1.82, 2.24) is 4.90 Å². The third-order valence-corrected chi connectivity index (χ3v) is 4.28. The average Bonchev–Trinajstić information content (AvgIpc) is 2.41. The molecule has 0 aliphatic carbocycles. The Morgan fingerprint density at radius 2 is 2.16 bits per heavy atom. The van der Waals surface area contributed by atoms with E-state index in [1.807, 2.05) is 23.1 Å². The molecule has 1 aliphatic rings. The highest BCUT2D eigenvalue weighted by atomic mass is 16.2. The fraction of sp³-hybridized carbons (Fsp3) is 0.562. The number of piperidine rings is 1. The van der Waals surface area contributed by atoms with Gasteiger partial charge in [0.25, 0.3) is 0 Å². The Hall–Kier alpha value is -1.35. The van der Waals surface area contributed by atoms with Gasteiger partial charge in [-0.3, -0.25) is 4.79 Å². The van der Waals surface area contributed by atoms with Crippen molar-refractivity contribution < 1.29 is 4.79 Å². The van der Waals surface area contributed by atoms with Crippen LogP contribution in [0.3, 0.4) is 0 Å². The number of nitrogens with two attached hydrogens (primary N) is 1. The van der Waals surface area contributed by atoms with Gasteiger partial charge in [-0.25, -0.2) is 0 Å². The van der Waals surface area contributed by atoms with Gasteiger partial charge in [0.1, 0.15) is 0 Å². The van der Waals surface area contributed by atoms with Crippen molar-refractivity contribution in [3.8, 4) is 0 Å². The highest BCUT2D eigenvalue weighted by molar-refractivity contribution is 5.79. The molecular weight excluding hydrogens is 236 g/mol. The van der Waals surface area contributed by atoms with Crippen molar-refractivity contribution in [2.75, 3.05) is 13.1 Å². The van der Waals surface area contributed by atoms with Crippen LogP contribution in [0.5, 0.6) is 0 Å². The van der Waals surface area contributed by atoms with Gasteiger partial charge in [0.2, 0.25) is 5.91 Å². The molecule has 0 bridgehead atoms. The van der Waals surface area contributed by atoms with E-state index in [1.165, 1.54) is 12.0 Å². The maximum absolute atomic E-state index is 12.5. The van der Waals surface area contributed by atoms with Crippen molar-refractivity contribution in [2.24, 2.45) is 11.7 Å². The Morgan fingerprint density at radius 3 is 2.84 bits per heavy atom. The predicted octanol–water partition coefficient (Wildman–Crippen LogP) is 2.12. The van der Waals surface area contributed by atoms with Crippen LogP contribution >= 0.6 is 0 Å². The summed E-state index contributed by atoms with van der Waals surface area (Å²) in [5.74, 6) is 0.732. The Bertz CT molecular complexity index is 444. The van der Waals surface area contributed by atoms with Crippen LogP contribution in [0.1, 0.15) is 30.9 Å². The molecule has 1 saturated heterocycles. The van der Waals surface area contributed by atoms with E-state index in [4.69, 9.17) is 5.73 Å². The fourth-order valence-electron chi connectivity index (χ4n) is 2.99. The lowest BCUT2D eigenvalue weighted by Crippen LogP contribution is -2.51. The van der Waals surface area contributed by atoms with Crippen LogP contribution in [-0.4, -0.2) is 29.9 Å². The zero-order chi connectivity index (χ0) is 13.8. The van der Waals surface area contributed by atoms with Crippen molar-refractivity contribution >= 4 is 5.91 Å². The van der Waals surface area contributed by atoms with Crippen LogP contribution in [0.15, 0.2) is 24.3 Å². The van der Waals surface area contributed by atoms with Gasteiger partial charge in [-0.15, -0.1) is 0 Å². The van der Waals surface area contributed by atoms with E-state index >= 15 is 0 Å². The summed E-state index contributed by atoms with van der Waals surface area (Å²) in [6, 6.07) is 8.31. The third-order valence-electron chi connectivity index (χ3n) is 4.28. The van der Waals surface area contributed by atoms with Gasteiger partial charge < -0.3 is 10.6 Å². The van der Waals surface area contributed by atoms with E-state index in [2.05, 4.69) is 19.9 Å². The lowest BCUT2D eigenvalue weighted by molar-refractivity contribution is -0.135. The Morgan fingerprint density at radius 1 is 1.42 bits per heavy atom. The maximum Gasteiger partial charge on any atom is 0.227 e. The second-order valence-electron chi connectivity index (χ2n) is 5.61. The van der Waals surface area contributed by atoms with Gasteiger partial charge in [-0.1, -0.05) is 31.2 Å². The molecule has 19 heavy (non-hydrogen) atoms. The standard InChI is InChI=1S/C16H24N2O/c1-12-6-3-4-8-14(12)10-16(19)18-9-5-7-13(2)15(18)11-17/h3-4,6,8,13,15H,5,7,9-11,17H2,1-2H3/t13-,15+/m1/s1. The van der Waals surface area contributed by atoms with E-state index in [0.717, 1.165) is 18.5 Å². The molecule has 2 rings (SSSR count). The van der Waals surface area contributed by atoms with E-state index < -0.39 is 0 Å². The van der Waals surface area contributed by atoms with E-state index in [1.54, 1.807) is 0 Å². The molecule has 0 spiro atoms. The highest BCUT2D eigenvalue weighted by Gasteiger charge is 2.30. The maximum atomic E-state index is 12.5. The molecule has 1 aromatic carbocycles. The molecule has 1 aromatic rings. The molecule has 104 valence electrons. The molecule has 0 radical (unpaired) electrons. The topological polar surface area (TPSA) is 46.3 Å². The molecule has 1 amide bonds. The highest BCUT2D eigenvalue weighted by Crippen LogP contribution is 2.23.